The van der Waals surface area contributed by atoms with Crippen molar-refractivity contribution in [2.45, 2.75) is 18.2 Å². The van der Waals surface area contributed by atoms with Crippen molar-refractivity contribution in [3.8, 4) is 0 Å². The van der Waals surface area contributed by atoms with Crippen molar-refractivity contribution in [3.05, 3.63) is 42.5 Å². The van der Waals surface area contributed by atoms with Crippen molar-refractivity contribution in [1.82, 2.24) is 4.72 Å². The van der Waals surface area contributed by atoms with E-state index in [-0.39, 0.29) is 18.0 Å². The smallest absolute Gasteiger partial charge is 0.330 e. The third-order valence-corrected chi connectivity index (χ3v) is 3.83. The van der Waals surface area contributed by atoms with Crippen LogP contribution in [-0.2, 0) is 19.6 Å². The van der Waals surface area contributed by atoms with Crippen molar-refractivity contribution < 1.29 is 17.9 Å². The van der Waals surface area contributed by atoms with E-state index in [2.05, 4.69) is 11.3 Å². The summed E-state index contributed by atoms with van der Waals surface area (Å²) in [5.74, 6) is -0.513. The van der Waals surface area contributed by atoms with Gasteiger partial charge >= 0.3 is 5.97 Å². The number of esters is 1. The van der Waals surface area contributed by atoms with Crippen LogP contribution >= 0.6 is 0 Å². The van der Waals surface area contributed by atoms with E-state index in [0.717, 1.165) is 11.6 Å². The molecule has 1 N–H and O–H groups in total. The first-order valence-electron chi connectivity index (χ1n) is 5.81. The summed E-state index contributed by atoms with van der Waals surface area (Å²) in [5.41, 5.74) is 0.996. The number of nitrogens with one attached hydrogen (secondary N) is 1. The molecule has 0 saturated carbocycles. The molecule has 0 atom stereocenters. The van der Waals surface area contributed by atoms with Gasteiger partial charge in [-0.25, -0.2) is 17.9 Å². The number of carbonyl (C=O) groups is 1. The molecule has 1 aromatic carbocycles. The van der Waals surface area contributed by atoms with Gasteiger partial charge < -0.3 is 4.74 Å². The van der Waals surface area contributed by atoms with Crippen LogP contribution in [0.2, 0.25) is 0 Å². The third kappa shape index (κ3) is 5.23. The summed E-state index contributed by atoms with van der Waals surface area (Å²) >= 11 is 0. The Kier molecular flexibility index (Phi) is 5.72. The molecule has 0 heterocycles. The van der Waals surface area contributed by atoms with Crippen LogP contribution in [0.5, 0.6) is 0 Å². The second-order valence-corrected chi connectivity index (χ2v) is 5.70. The Bertz CT molecular complexity index is 534. The molecule has 0 aliphatic heterocycles. The van der Waals surface area contributed by atoms with Gasteiger partial charge in [-0.3, -0.25) is 0 Å². The molecule has 0 amide bonds. The average Bonchev–Trinajstić information content (AvgIpc) is 2.38. The molecule has 0 radical (unpaired) electrons. The van der Waals surface area contributed by atoms with Gasteiger partial charge in [0.2, 0.25) is 10.0 Å². The molecule has 0 aliphatic rings. The fourth-order valence-electron chi connectivity index (χ4n) is 1.31. The lowest BCUT2D eigenvalue weighted by molar-refractivity contribution is -0.137. The predicted octanol–water partition coefficient (Wildman–Crippen LogP) is 1.39. The second kappa shape index (κ2) is 7.06. The number of rotatable bonds is 7. The Labute approximate surface area is 113 Å². The molecule has 5 nitrogen and oxygen atoms in total. The molecule has 19 heavy (non-hydrogen) atoms. The van der Waals surface area contributed by atoms with E-state index < -0.39 is 16.0 Å². The minimum absolute atomic E-state index is 0.154. The molecule has 0 fully saturated rings. The van der Waals surface area contributed by atoms with Crippen molar-refractivity contribution in [2.75, 3.05) is 13.2 Å². The molecule has 1 aromatic rings. The molecule has 6 heteroatoms. The highest BCUT2D eigenvalue weighted by molar-refractivity contribution is 7.89. The van der Waals surface area contributed by atoms with Crippen LogP contribution in [0.3, 0.4) is 0 Å². The van der Waals surface area contributed by atoms with E-state index in [9.17, 15) is 13.2 Å². The van der Waals surface area contributed by atoms with Gasteiger partial charge in [-0.05, 0) is 25.5 Å². The van der Waals surface area contributed by atoms with Gasteiger partial charge in [-0.1, -0.05) is 24.3 Å². The van der Waals surface area contributed by atoms with E-state index in [0.29, 0.717) is 6.42 Å². The maximum Gasteiger partial charge on any atom is 0.330 e. The monoisotopic (exact) mass is 283 g/mol. The average molecular weight is 283 g/mol. The van der Waals surface area contributed by atoms with Gasteiger partial charge in [0.1, 0.15) is 0 Å². The fourth-order valence-corrected chi connectivity index (χ4v) is 2.39. The molecule has 0 aromatic heterocycles. The van der Waals surface area contributed by atoms with Crippen LogP contribution in [0, 0.1) is 6.92 Å². The molecule has 1 rings (SSSR count). The lowest BCUT2D eigenvalue weighted by Gasteiger charge is -2.07. The van der Waals surface area contributed by atoms with Crippen LogP contribution in [0.1, 0.15) is 12.0 Å². The molecule has 0 spiro atoms. The van der Waals surface area contributed by atoms with E-state index in [1.807, 2.05) is 6.92 Å². The van der Waals surface area contributed by atoms with Gasteiger partial charge in [0, 0.05) is 12.6 Å². The van der Waals surface area contributed by atoms with Crippen LogP contribution in [0.25, 0.3) is 0 Å². The number of benzene rings is 1. The van der Waals surface area contributed by atoms with Crippen LogP contribution in [0.4, 0.5) is 0 Å². The van der Waals surface area contributed by atoms with Gasteiger partial charge in [0.25, 0.3) is 0 Å². The lowest BCUT2D eigenvalue weighted by Crippen LogP contribution is -2.25. The SMILES string of the molecule is C=CC(=O)OCCCNS(=O)(=O)c1ccc(C)cc1. The number of hydrogen-bond acceptors (Lipinski definition) is 4. The zero-order valence-electron chi connectivity index (χ0n) is 10.8. The van der Waals surface area contributed by atoms with Crippen LogP contribution in [0.15, 0.2) is 41.8 Å². The molecule has 0 bridgehead atoms. The largest absolute Gasteiger partial charge is 0.462 e. The molecule has 0 aliphatic carbocycles. The maximum absolute atomic E-state index is 11.9. The van der Waals surface area contributed by atoms with Gasteiger partial charge in [0.15, 0.2) is 0 Å². The molecular weight excluding hydrogens is 266 g/mol. The highest BCUT2D eigenvalue weighted by Gasteiger charge is 2.12. The Morgan fingerprint density at radius 3 is 2.58 bits per heavy atom. The summed E-state index contributed by atoms with van der Waals surface area (Å²) < 4.78 is 30.9. The van der Waals surface area contributed by atoms with Crippen molar-refractivity contribution >= 4 is 16.0 Å². The van der Waals surface area contributed by atoms with E-state index >= 15 is 0 Å². The summed E-state index contributed by atoms with van der Waals surface area (Å²) in [4.78, 5) is 11.0. The first-order valence-corrected chi connectivity index (χ1v) is 7.29. The second-order valence-electron chi connectivity index (χ2n) is 3.94. The molecular formula is C13H17NO4S. The Morgan fingerprint density at radius 1 is 1.37 bits per heavy atom. The summed E-state index contributed by atoms with van der Waals surface area (Å²) in [6.07, 6.45) is 1.47. The van der Waals surface area contributed by atoms with E-state index in [1.165, 1.54) is 0 Å². The minimum atomic E-state index is -3.49. The minimum Gasteiger partial charge on any atom is -0.462 e. The zero-order valence-corrected chi connectivity index (χ0v) is 11.6. The Balaban J connectivity index is 2.41. The quantitative estimate of drug-likeness (QED) is 0.466. The number of carbonyl (C=O) groups excluding carboxylic acids is 1. The first-order chi connectivity index (χ1) is 8.95. The number of sulfonamides is 1. The first kappa shape index (κ1) is 15.4. The lowest BCUT2D eigenvalue weighted by atomic mass is 10.2. The van der Waals surface area contributed by atoms with Gasteiger partial charge in [-0.15, -0.1) is 0 Å². The summed E-state index contributed by atoms with van der Waals surface area (Å²) in [5, 5.41) is 0. The number of hydrogen-bond donors (Lipinski definition) is 1. The normalized spacial score (nSPS) is 11.0. The summed E-state index contributed by atoms with van der Waals surface area (Å²) in [6.45, 7) is 5.51. The van der Waals surface area contributed by atoms with Crippen LogP contribution < -0.4 is 4.72 Å². The van der Waals surface area contributed by atoms with Crippen molar-refractivity contribution in [3.63, 3.8) is 0 Å². The van der Waals surface area contributed by atoms with Crippen molar-refractivity contribution in [1.29, 1.82) is 0 Å². The Hall–Kier alpha value is -1.66. The maximum atomic E-state index is 11.9. The van der Waals surface area contributed by atoms with Gasteiger partial charge in [-0.2, -0.15) is 0 Å². The number of aryl methyl sites for hydroxylation is 1. The summed E-state index contributed by atoms with van der Waals surface area (Å²) in [6, 6.07) is 6.58. The third-order valence-electron chi connectivity index (χ3n) is 2.36. The Morgan fingerprint density at radius 2 is 2.00 bits per heavy atom. The topological polar surface area (TPSA) is 72.5 Å². The predicted molar refractivity (Wildman–Crippen MR) is 72.1 cm³/mol. The standard InChI is InChI=1S/C13H17NO4S/c1-3-13(15)18-10-4-9-14-19(16,17)12-7-5-11(2)6-8-12/h3,5-8,14H,1,4,9-10H2,2H3. The summed E-state index contributed by atoms with van der Waals surface area (Å²) in [7, 11) is -3.49. The fraction of sp³-hybridized carbons (Fsp3) is 0.308. The van der Waals surface area contributed by atoms with Crippen molar-refractivity contribution in [2.24, 2.45) is 0 Å². The molecule has 0 saturated heterocycles. The highest BCUT2D eigenvalue weighted by atomic mass is 32.2. The molecule has 0 unspecified atom stereocenters. The highest BCUT2D eigenvalue weighted by Crippen LogP contribution is 2.09. The van der Waals surface area contributed by atoms with E-state index in [1.54, 1.807) is 24.3 Å². The molecule has 104 valence electrons. The number of ether oxygens (including phenoxy) is 1. The van der Waals surface area contributed by atoms with Gasteiger partial charge in [0.05, 0.1) is 11.5 Å². The zero-order chi connectivity index (χ0) is 14.3. The van der Waals surface area contributed by atoms with Crippen LogP contribution in [-0.4, -0.2) is 27.5 Å². The van der Waals surface area contributed by atoms with E-state index in [4.69, 9.17) is 4.74 Å².